The van der Waals surface area contributed by atoms with Crippen LogP contribution in [0.1, 0.15) is 79.7 Å². The molecular weight excluding hydrogens is 466 g/mol. The molecular formula is C27H41NO8. The van der Waals surface area contributed by atoms with Gasteiger partial charge in [0.25, 0.3) is 0 Å². The maximum absolute atomic E-state index is 12.5. The molecule has 0 saturated carbocycles. The van der Waals surface area contributed by atoms with E-state index in [0.29, 0.717) is 12.0 Å². The van der Waals surface area contributed by atoms with Gasteiger partial charge in [0.15, 0.2) is 11.5 Å². The largest absolute Gasteiger partial charge is 0.459 e. The van der Waals surface area contributed by atoms with Gasteiger partial charge in [-0.1, -0.05) is 40.7 Å². The van der Waals surface area contributed by atoms with Crippen LogP contribution in [-0.2, 0) is 35.1 Å². The molecule has 0 amide bonds. The molecule has 0 radical (unpaired) electrons. The van der Waals surface area contributed by atoms with E-state index < -0.39 is 36.2 Å². The Kier molecular flexibility index (Phi) is 13.2. The summed E-state index contributed by atoms with van der Waals surface area (Å²) in [5, 5.41) is 0. The zero-order valence-corrected chi connectivity index (χ0v) is 22.5. The lowest BCUT2D eigenvalue weighted by atomic mass is 10.1. The molecule has 1 unspecified atom stereocenters. The maximum atomic E-state index is 12.5. The zero-order valence-electron chi connectivity index (χ0n) is 22.5. The van der Waals surface area contributed by atoms with Crippen molar-refractivity contribution >= 4 is 23.9 Å². The van der Waals surface area contributed by atoms with Gasteiger partial charge in [-0.05, 0) is 56.2 Å². The highest BCUT2D eigenvalue weighted by atomic mass is 16.6. The molecule has 1 rings (SSSR count). The SMILES string of the molecule is CCCC(=O)OC(C)[C@H](C)OC(=O)[C@@H](N)Cc1ccc(OC(=O)CC(C)C)c(OC(=O)CC(C)C)c1. The number of carbonyl (C=O) groups excluding carboxylic acids is 4. The summed E-state index contributed by atoms with van der Waals surface area (Å²) in [5.41, 5.74) is 6.65. The molecule has 9 nitrogen and oxygen atoms in total. The second kappa shape index (κ2) is 15.2. The summed E-state index contributed by atoms with van der Waals surface area (Å²) in [4.78, 5) is 48.7. The number of carbonyl (C=O) groups is 4. The molecule has 0 aliphatic rings. The molecule has 0 saturated heterocycles. The minimum absolute atomic E-state index is 0.0839. The Morgan fingerprint density at radius 3 is 1.83 bits per heavy atom. The minimum atomic E-state index is -1.01. The fourth-order valence-electron chi connectivity index (χ4n) is 3.11. The summed E-state index contributed by atoms with van der Waals surface area (Å²) in [6, 6.07) is 3.67. The van der Waals surface area contributed by atoms with Gasteiger partial charge in [0.2, 0.25) is 0 Å². The first-order valence-corrected chi connectivity index (χ1v) is 12.5. The number of rotatable bonds is 14. The minimum Gasteiger partial charge on any atom is -0.459 e. The monoisotopic (exact) mass is 507 g/mol. The van der Waals surface area contributed by atoms with Crippen molar-refractivity contribution in [2.45, 2.75) is 98.8 Å². The van der Waals surface area contributed by atoms with E-state index in [1.807, 2.05) is 34.6 Å². The number of benzene rings is 1. The van der Waals surface area contributed by atoms with Crippen molar-refractivity contribution in [3.63, 3.8) is 0 Å². The molecule has 3 atom stereocenters. The maximum Gasteiger partial charge on any atom is 0.323 e. The van der Waals surface area contributed by atoms with E-state index in [4.69, 9.17) is 24.7 Å². The molecule has 202 valence electrons. The second-order valence-corrected chi connectivity index (χ2v) is 9.82. The number of hydrogen-bond donors (Lipinski definition) is 1. The Morgan fingerprint density at radius 2 is 1.31 bits per heavy atom. The smallest absolute Gasteiger partial charge is 0.323 e. The van der Waals surface area contributed by atoms with Gasteiger partial charge in [0.1, 0.15) is 18.2 Å². The van der Waals surface area contributed by atoms with Crippen molar-refractivity contribution in [1.82, 2.24) is 0 Å². The van der Waals surface area contributed by atoms with Gasteiger partial charge < -0.3 is 24.7 Å². The average Bonchev–Trinajstić information content (AvgIpc) is 2.74. The number of esters is 4. The lowest BCUT2D eigenvalue weighted by molar-refractivity contribution is -0.166. The van der Waals surface area contributed by atoms with Crippen molar-refractivity contribution in [3.05, 3.63) is 23.8 Å². The van der Waals surface area contributed by atoms with Crippen LogP contribution in [0.5, 0.6) is 11.5 Å². The number of nitrogens with two attached hydrogens (primary N) is 1. The van der Waals surface area contributed by atoms with Crippen LogP contribution >= 0.6 is 0 Å². The molecule has 0 bridgehead atoms. The molecule has 36 heavy (non-hydrogen) atoms. The Balaban J connectivity index is 2.92. The standard InChI is InChI=1S/C27H41NO8/c1-8-9-24(29)33-18(6)19(7)34-27(32)21(28)14-20-10-11-22(35-25(30)12-16(2)3)23(15-20)36-26(31)13-17(4)5/h10-11,15-19,21H,8-9,12-14,28H2,1-7H3/t18?,19-,21-/m0/s1. The quantitative estimate of drug-likeness (QED) is 0.292. The molecule has 1 aromatic carbocycles. The van der Waals surface area contributed by atoms with Crippen molar-refractivity contribution in [3.8, 4) is 11.5 Å². The molecule has 0 aromatic heterocycles. The van der Waals surface area contributed by atoms with Crippen LogP contribution in [0.2, 0.25) is 0 Å². The van der Waals surface area contributed by atoms with Crippen LogP contribution in [0.25, 0.3) is 0 Å². The molecule has 0 heterocycles. The van der Waals surface area contributed by atoms with Gasteiger partial charge in [-0.15, -0.1) is 0 Å². The molecule has 1 aromatic rings. The summed E-state index contributed by atoms with van der Waals surface area (Å²) in [6.07, 6.45) is 0.139. The normalized spacial score (nSPS) is 13.6. The molecule has 0 fully saturated rings. The Hall–Kier alpha value is -2.94. The lowest BCUT2D eigenvalue weighted by Crippen LogP contribution is -2.39. The van der Waals surface area contributed by atoms with Crippen LogP contribution in [-0.4, -0.2) is 42.1 Å². The van der Waals surface area contributed by atoms with Crippen LogP contribution in [0.3, 0.4) is 0 Å². The van der Waals surface area contributed by atoms with E-state index >= 15 is 0 Å². The summed E-state index contributed by atoms with van der Waals surface area (Å²) in [6.45, 7) is 12.7. The van der Waals surface area contributed by atoms with E-state index in [0.717, 1.165) is 0 Å². The Labute approximate surface area is 214 Å². The molecule has 9 heteroatoms. The number of ether oxygens (including phenoxy) is 4. The fourth-order valence-corrected chi connectivity index (χ4v) is 3.11. The summed E-state index contributed by atoms with van der Waals surface area (Å²) in [5.74, 6) is -1.53. The predicted octanol–water partition coefficient (Wildman–Crippen LogP) is 4.12. The summed E-state index contributed by atoms with van der Waals surface area (Å²) >= 11 is 0. The van der Waals surface area contributed by atoms with Gasteiger partial charge >= 0.3 is 23.9 Å². The van der Waals surface area contributed by atoms with E-state index in [9.17, 15) is 19.2 Å². The third kappa shape index (κ3) is 11.7. The van der Waals surface area contributed by atoms with Crippen molar-refractivity contribution in [2.24, 2.45) is 17.6 Å². The number of hydrogen-bond acceptors (Lipinski definition) is 9. The average molecular weight is 508 g/mol. The van der Waals surface area contributed by atoms with Crippen molar-refractivity contribution < 1.29 is 38.1 Å². The van der Waals surface area contributed by atoms with E-state index in [1.54, 1.807) is 19.9 Å². The zero-order chi connectivity index (χ0) is 27.4. The van der Waals surface area contributed by atoms with E-state index in [2.05, 4.69) is 0 Å². The second-order valence-electron chi connectivity index (χ2n) is 9.82. The third-order valence-corrected chi connectivity index (χ3v) is 5.10. The molecule has 0 aliphatic carbocycles. The van der Waals surface area contributed by atoms with Crippen LogP contribution in [0.4, 0.5) is 0 Å². The highest BCUT2D eigenvalue weighted by Crippen LogP contribution is 2.30. The predicted molar refractivity (Wildman–Crippen MR) is 134 cm³/mol. The molecule has 0 spiro atoms. The van der Waals surface area contributed by atoms with Crippen LogP contribution in [0.15, 0.2) is 18.2 Å². The first kappa shape index (κ1) is 31.1. The van der Waals surface area contributed by atoms with Crippen LogP contribution in [0, 0.1) is 11.8 Å². The first-order valence-electron chi connectivity index (χ1n) is 12.5. The van der Waals surface area contributed by atoms with Crippen molar-refractivity contribution in [1.29, 1.82) is 0 Å². The van der Waals surface area contributed by atoms with Gasteiger partial charge in [-0.2, -0.15) is 0 Å². The van der Waals surface area contributed by atoms with Crippen LogP contribution < -0.4 is 15.2 Å². The van der Waals surface area contributed by atoms with Gasteiger partial charge in [0.05, 0.1) is 0 Å². The van der Waals surface area contributed by atoms with Gasteiger partial charge in [-0.3, -0.25) is 19.2 Å². The van der Waals surface area contributed by atoms with Gasteiger partial charge in [0, 0.05) is 19.3 Å². The lowest BCUT2D eigenvalue weighted by Gasteiger charge is -2.22. The van der Waals surface area contributed by atoms with E-state index in [1.165, 1.54) is 12.1 Å². The molecule has 2 N–H and O–H groups in total. The fraction of sp³-hybridized carbons (Fsp3) is 0.630. The highest BCUT2D eigenvalue weighted by Gasteiger charge is 2.25. The molecule has 0 aliphatic heterocycles. The first-order chi connectivity index (χ1) is 16.8. The van der Waals surface area contributed by atoms with Gasteiger partial charge in [-0.25, -0.2) is 0 Å². The highest BCUT2D eigenvalue weighted by molar-refractivity contribution is 5.77. The Bertz CT molecular complexity index is 896. The summed E-state index contributed by atoms with van der Waals surface area (Å²) in [7, 11) is 0. The van der Waals surface area contributed by atoms with Crippen molar-refractivity contribution in [2.75, 3.05) is 0 Å². The summed E-state index contributed by atoms with van der Waals surface area (Å²) < 4.78 is 21.5. The van der Waals surface area contributed by atoms with E-state index in [-0.39, 0.29) is 55.0 Å². The Morgan fingerprint density at radius 1 is 0.778 bits per heavy atom. The third-order valence-electron chi connectivity index (χ3n) is 5.10. The topological polar surface area (TPSA) is 131 Å².